The van der Waals surface area contributed by atoms with Crippen LogP contribution in [0.2, 0.25) is 0 Å². The molecule has 0 bridgehead atoms. The van der Waals surface area contributed by atoms with Gasteiger partial charge in [-0.1, -0.05) is 6.92 Å². The minimum atomic E-state index is -0.279. The zero-order chi connectivity index (χ0) is 11.4. The number of ether oxygens (including phenoxy) is 3. The number of carbonyl (C=O) groups is 1. The Morgan fingerprint density at radius 3 is 2.47 bits per heavy atom. The lowest BCUT2D eigenvalue weighted by molar-refractivity contribution is -0.137. The average molecular weight is 214 g/mol. The molecule has 1 aliphatic carbocycles. The van der Waals surface area contributed by atoms with E-state index in [4.69, 9.17) is 14.2 Å². The van der Waals surface area contributed by atoms with Crippen LogP contribution in [-0.4, -0.2) is 39.5 Å². The third-order valence-corrected chi connectivity index (χ3v) is 2.78. The first-order valence-corrected chi connectivity index (χ1v) is 4.98. The molecule has 4 nitrogen and oxygen atoms in total. The van der Waals surface area contributed by atoms with Gasteiger partial charge in [-0.05, 0) is 18.4 Å². The second-order valence-corrected chi connectivity index (χ2v) is 3.77. The lowest BCUT2D eigenvalue weighted by Crippen LogP contribution is -2.38. The van der Waals surface area contributed by atoms with E-state index in [9.17, 15) is 4.79 Å². The first-order valence-electron chi connectivity index (χ1n) is 4.98. The number of hydrogen-bond acceptors (Lipinski definition) is 4. The van der Waals surface area contributed by atoms with Crippen molar-refractivity contribution in [3.63, 3.8) is 0 Å². The molecule has 86 valence electrons. The highest BCUT2D eigenvalue weighted by Gasteiger charge is 2.33. The molecule has 0 aromatic carbocycles. The minimum absolute atomic E-state index is 0.00315. The Morgan fingerprint density at radius 2 is 2.00 bits per heavy atom. The monoisotopic (exact) mass is 214 g/mol. The van der Waals surface area contributed by atoms with E-state index in [1.165, 1.54) is 7.11 Å². The van der Waals surface area contributed by atoms with Crippen LogP contribution in [0.25, 0.3) is 0 Å². The van der Waals surface area contributed by atoms with Crippen molar-refractivity contribution >= 4 is 5.97 Å². The summed E-state index contributed by atoms with van der Waals surface area (Å²) in [6.07, 6.45) is 2.29. The lowest BCUT2D eigenvalue weighted by Gasteiger charge is -2.32. The summed E-state index contributed by atoms with van der Waals surface area (Å²) >= 11 is 0. The van der Waals surface area contributed by atoms with E-state index in [2.05, 4.69) is 0 Å². The largest absolute Gasteiger partial charge is 0.466 e. The van der Waals surface area contributed by atoms with E-state index in [1.807, 2.05) is 6.92 Å². The molecule has 1 aliphatic rings. The smallest absolute Gasteiger partial charge is 0.333 e. The second-order valence-electron chi connectivity index (χ2n) is 3.77. The maximum atomic E-state index is 11.4. The first-order chi connectivity index (χ1) is 7.13. The van der Waals surface area contributed by atoms with E-state index >= 15 is 0 Å². The first kappa shape index (κ1) is 12.2. The van der Waals surface area contributed by atoms with E-state index in [1.54, 1.807) is 20.3 Å². The van der Waals surface area contributed by atoms with Gasteiger partial charge in [-0.3, -0.25) is 0 Å². The number of carbonyl (C=O) groups excluding carboxylic acids is 1. The summed E-state index contributed by atoms with van der Waals surface area (Å²) in [6, 6.07) is 0. The molecule has 1 rings (SSSR count). The molecule has 2 unspecified atom stereocenters. The summed E-state index contributed by atoms with van der Waals surface area (Å²) in [5.41, 5.74) is 0.671. The lowest BCUT2D eigenvalue weighted by atomic mass is 9.86. The van der Waals surface area contributed by atoms with Crippen molar-refractivity contribution in [3.05, 3.63) is 11.6 Å². The summed E-state index contributed by atoms with van der Waals surface area (Å²) in [6.45, 7) is 2.04. The van der Waals surface area contributed by atoms with Crippen LogP contribution in [-0.2, 0) is 19.0 Å². The molecule has 0 heterocycles. The standard InChI is InChI=1S/C11H18O4/c1-7-5-8(11(12)15-4)6-9(13-2)10(7)14-3/h6-7,9-10H,5H2,1-4H3/t7-,9?,10?/m1/s1. The molecule has 0 fully saturated rings. The predicted molar refractivity (Wildman–Crippen MR) is 55.5 cm³/mol. The molecule has 0 saturated heterocycles. The predicted octanol–water partition coefficient (Wildman–Crippen LogP) is 1.16. The van der Waals surface area contributed by atoms with Gasteiger partial charge in [-0.15, -0.1) is 0 Å². The Kier molecular flexibility index (Phi) is 4.29. The molecular weight excluding hydrogens is 196 g/mol. The summed E-state index contributed by atoms with van der Waals surface area (Å²) in [5, 5.41) is 0. The number of hydrogen-bond donors (Lipinski definition) is 0. The molecule has 0 spiro atoms. The fourth-order valence-corrected chi connectivity index (χ4v) is 2.00. The highest BCUT2D eigenvalue weighted by molar-refractivity contribution is 5.88. The normalized spacial score (nSPS) is 30.9. The quantitative estimate of drug-likeness (QED) is 0.661. The third kappa shape index (κ3) is 2.58. The molecule has 0 amide bonds. The topological polar surface area (TPSA) is 44.8 Å². The molecule has 0 aliphatic heterocycles. The maximum absolute atomic E-state index is 11.4. The minimum Gasteiger partial charge on any atom is -0.466 e. The molecule has 0 aromatic rings. The molecule has 0 N–H and O–H groups in total. The molecule has 0 saturated carbocycles. The van der Waals surface area contributed by atoms with Gasteiger partial charge in [0.25, 0.3) is 0 Å². The molecular formula is C11H18O4. The summed E-state index contributed by atoms with van der Waals surface area (Å²) < 4.78 is 15.3. The van der Waals surface area contributed by atoms with Gasteiger partial charge in [-0.2, -0.15) is 0 Å². The zero-order valence-corrected chi connectivity index (χ0v) is 9.65. The van der Waals surface area contributed by atoms with Crippen LogP contribution in [0.4, 0.5) is 0 Å². The fourth-order valence-electron chi connectivity index (χ4n) is 2.00. The summed E-state index contributed by atoms with van der Waals surface area (Å²) in [7, 11) is 4.66. The summed E-state index contributed by atoms with van der Waals surface area (Å²) in [5.74, 6) is -0.0301. The van der Waals surface area contributed by atoms with Crippen molar-refractivity contribution in [2.24, 2.45) is 5.92 Å². The van der Waals surface area contributed by atoms with Crippen molar-refractivity contribution < 1.29 is 19.0 Å². The third-order valence-electron chi connectivity index (χ3n) is 2.78. The molecule has 0 aromatic heterocycles. The fraction of sp³-hybridized carbons (Fsp3) is 0.727. The van der Waals surface area contributed by atoms with Crippen molar-refractivity contribution in [3.8, 4) is 0 Å². The molecule has 4 heteroatoms. The van der Waals surface area contributed by atoms with Crippen LogP contribution in [0, 0.1) is 5.92 Å². The van der Waals surface area contributed by atoms with Gasteiger partial charge in [-0.25, -0.2) is 4.79 Å². The Morgan fingerprint density at radius 1 is 1.33 bits per heavy atom. The number of rotatable bonds is 3. The van der Waals surface area contributed by atoms with Gasteiger partial charge >= 0.3 is 5.97 Å². The van der Waals surface area contributed by atoms with Crippen molar-refractivity contribution in [2.45, 2.75) is 25.6 Å². The van der Waals surface area contributed by atoms with Crippen LogP contribution < -0.4 is 0 Å². The van der Waals surface area contributed by atoms with E-state index in [0.717, 1.165) is 0 Å². The van der Waals surface area contributed by atoms with E-state index in [-0.39, 0.29) is 24.1 Å². The molecule has 3 atom stereocenters. The van der Waals surface area contributed by atoms with Gasteiger partial charge in [0.05, 0.1) is 13.2 Å². The van der Waals surface area contributed by atoms with Crippen LogP contribution in [0.15, 0.2) is 11.6 Å². The maximum Gasteiger partial charge on any atom is 0.333 e. The average Bonchev–Trinajstić information content (AvgIpc) is 2.26. The number of methoxy groups -OCH3 is 3. The van der Waals surface area contributed by atoms with Crippen LogP contribution >= 0.6 is 0 Å². The van der Waals surface area contributed by atoms with Crippen LogP contribution in [0.1, 0.15) is 13.3 Å². The Balaban J connectivity index is 2.85. The van der Waals surface area contributed by atoms with Gasteiger partial charge in [0, 0.05) is 19.8 Å². The number of esters is 1. The Hall–Kier alpha value is -0.870. The summed E-state index contributed by atoms with van der Waals surface area (Å²) in [4.78, 5) is 11.4. The Labute approximate surface area is 90.2 Å². The zero-order valence-electron chi connectivity index (χ0n) is 9.65. The van der Waals surface area contributed by atoms with E-state index in [0.29, 0.717) is 12.0 Å². The van der Waals surface area contributed by atoms with Gasteiger partial charge in [0.15, 0.2) is 0 Å². The van der Waals surface area contributed by atoms with Crippen LogP contribution in [0.3, 0.4) is 0 Å². The highest BCUT2D eigenvalue weighted by atomic mass is 16.5. The van der Waals surface area contributed by atoms with Crippen LogP contribution in [0.5, 0.6) is 0 Å². The van der Waals surface area contributed by atoms with Gasteiger partial charge < -0.3 is 14.2 Å². The molecule has 0 radical (unpaired) electrons. The highest BCUT2D eigenvalue weighted by Crippen LogP contribution is 2.28. The van der Waals surface area contributed by atoms with Crippen molar-refractivity contribution in [1.29, 1.82) is 0 Å². The van der Waals surface area contributed by atoms with Crippen molar-refractivity contribution in [2.75, 3.05) is 21.3 Å². The Bertz CT molecular complexity index is 259. The SMILES string of the molecule is COC(=O)C1=CC(OC)C(OC)[C@H](C)C1. The van der Waals surface area contributed by atoms with E-state index < -0.39 is 0 Å². The van der Waals surface area contributed by atoms with Gasteiger partial charge in [0.2, 0.25) is 0 Å². The second kappa shape index (κ2) is 5.28. The van der Waals surface area contributed by atoms with Gasteiger partial charge in [0.1, 0.15) is 6.10 Å². The molecule has 15 heavy (non-hydrogen) atoms. The van der Waals surface area contributed by atoms with Crippen molar-refractivity contribution in [1.82, 2.24) is 0 Å².